The molecule has 4 rings (SSSR count). The first-order valence-electron chi connectivity index (χ1n) is 11.7. The van der Waals surface area contributed by atoms with Crippen LogP contribution in [0.25, 0.3) is 0 Å². The third kappa shape index (κ3) is 5.05. The molecule has 2 aliphatic rings. The normalized spacial score (nSPS) is 25.9. The number of halogens is 7. The zero-order valence-corrected chi connectivity index (χ0v) is 18.8. The molecule has 0 N–H and O–H groups in total. The highest BCUT2D eigenvalue weighted by atomic mass is 19.3. The highest BCUT2D eigenvalue weighted by Gasteiger charge is 2.45. The number of alkyl halides is 2. The quantitative estimate of drug-likeness (QED) is 0.303. The fourth-order valence-electron chi connectivity index (χ4n) is 5.64. The number of hydrogen-bond donors (Lipinski definition) is 0. The van der Waals surface area contributed by atoms with E-state index < -0.39 is 46.9 Å². The van der Waals surface area contributed by atoms with Gasteiger partial charge in [0, 0.05) is 12.1 Å². The Morgan fingerprint density at radius 2 is 1.24 bits per heavy atom. The molecular weight excluding hydrogens is 461 g/mol. The Balaban J connectivity index is 1.31. The van der Waals surface area contributed by atoms with Crippen LogP contribution in [0.15, 0.2) is 24.3 Å². The van der Waals surface area contributed by atoms with Gasteiger partial charge in [0.25, 0.3) is 0 Å². The van der Waals surface area contributed by atoms with Crippen LogP contribution < -0.4 is 4.74 Å². The second kappa shape index (κ2) is 9.78. The van der Waals surface area contributed by atoms with Gasteiger partial charge in [-0.3, -0.25) is 0 Å². The fraction of sp³-hybridized carbons (Fsp3) is 0.538. The Labute approximate surface area is 194 Å². The molecule has 0 atom stereocenters. The van der Waals surface area contributed by atoms with Gasteiger partial charge in [0.05, 0.1) is 5.92 Å². The van der Waals surface area contributed by atoms with E-state index in [0.717, 1.165) is 25.7 Å². The van der Waals surface area contributed by atoms with E-state index in [0.29, 0.717) is 36.5 Å². The van der Waals surface area contributed by atoms with Gasteiger partial charge >= 0.3 is 6.11 Å². The van der Waals surface area contributed by atoms with Crippen molar-refractivity contribution in [1.29, 1.82) is 0 Å². The Hall–Kier alpha value is -2.25. The zero-order chi connectivity index (χ0) is 24.6. The lowest BCUT2D eigenvalue weighted by atomic mass is 9.68. The van der Waals surface area contributed by atoms with Gasteiger partial charge in [-0.1, -0.05) is 12.1 Å². The first-order chi connectivity index (χ1) is 16.1. The molecule has 0 saturated heterocycles. The van der Waals surface area contributed by atoms with Crippen LogP contribution in [-0.2, 0) is 0 Å². The molecule has 2 aromatic rings. The third-order valence-corrected chi connectivity index (χ3v) is 7.64. The van der Waals surface area contributed by atoms with Gasteiger partial charge in [0.2, 0.25) is 0 Å². The Morgan fingerprint density at radius 1 is 0.706 bits per heavy atom. The predicted molar refractivity (Wildman–Crippen MR) is 113 cm³/mol. The summed E-state index contributed by atoms with van der Waals surface area (Å²) in [6.07, 6.45) is 1.01. The summed E-state index contributed by atoms with van der Waals surface area (Å²) in [6.45, 7) is 1.53. The van der Waals surface area contributed by atoms with Crippen molar-refractivity contribution >= 4 is 0 Å². The molecule has 1 nitrogen and oxygen atoms in total. The van der Waals surface area contributed by atoms with Gasteiger partial charge in [-0.2, -0.15) is 8.78 Å². The van der Waals surface area contributed by atoms with E-state index in [1.807, 2.05) is 0 Å². The van der Waals surface area contributed by atoms with Crippen LogP contribution in [0.1, 0.15) is 68.4 Å². The molecule has 0 bridgehead atoms. The summed E-state index contributed by atoms with van der Waals surface area (Å²) < 4.78 is 102. The molecule has 34 heavy (non-hydrogen) atoms. The molecule has 0 aromatic heterocycles. The fourth-order valence-corrected chi connectivity index (χ4v) is 5.64. The van der Waals surface area contributed by atoms with E-state index in [9.17, 15) is 30.7 Å². The molecule has 2 saturated carbocycles. The van der Waals surface area contributed by atoms with Gasteiger partial charge in [-0.25, -0.2) is 22.0 Å². The number of benzene rings is 2. The van der Waals surface area contributed by atoms with E-state index in [-0.39, 0.29) is 30.2 Å². The van der Waals surface area contributed by atoms with Crippen molar-refractivity contribution in [2.45, 2.75) is 70.3 Å². The Morgan fingerprint density at radius 3 is 1.79 bits per heavy atom. The molecule has 0 aliphatic heterocycles. The van der Waals surface area contributed by atoms with Gasteiger partial charge in [-0.05, 0) is 87.2 Å². The lowest BCUT2D eigenvalue weighted by molar-refractivity contribution is -0.224. The minimum Gasteiger partial charge on any atom is -0.432 e. The van der Waals surface area contributed by atoms with E-state index in [4.69, 9.17) is 0 Å². The molecule has 0 radical (unpaired) electrons. The van der Waals surface area contributed by atoms with E-state index in [2.05, 4.69) is 4.74 Å². The summed E-state index contributed by atoms with van der Waals surface area (Å²) in [6, 6.07) is 4.08. The van der Waals surface area contributed by atoms with Crippen LogP contribution >= 0.6 is 0 Å². The minimum absolute atomic E-state index is 0.0445. The van der Waals surface area contributed by atoms with Crippen molar-refractivity contribution in [2.24, 2.45) is 17.8 Å². The maximum Gasteiger partial charge on any atom is 0.400 e. The van der Waals surface area contributed by atoms with E-state index in [1.54, 1.807) is 12.1 Å². The molecule has 186 valence electrons. The largest absolute Gasteiger partial charge is 0.432 e. The van der Waals surface area contributed by atoms with Crippen LogP contribution in [-0.4, -0.2) is 6.11 Å². The first kappa shape index (κ1) is 24.9. The van der Waals surface area contributed by atoms with E-state index >= 15 is 0 Å². The van der Waals surface area contributed by atoms with Crippen molar-refractivity contribution in [2.75, 3.05) is 0 Å². The smallest absolute Gasteiger partial charge is 0.400 e. The molecule has 2 fully saturated rings. The highest BCUT2D eigenvalue weighted by Crippen LogP contribution is 2.47. The maximum atomic E-state index is 14.6. The van der Waals surface area contributed by atoms with Crippen LogP contribution in [0, 0.1) is 53.8 Å². The van der Waals surface area contributed by atoms with Crippen molar-refractivity contribution in [3.05, 3.63) is 64.5 Å². The summed E-state index contributed by atoms with van der Waals surface area (Å²) in [5, 5.41) is 0. The standard InChI is InChI=1S/C26H27F7O/c1-14-2-11-20(24(30)23(14)29)17-5-3-15(4-6-17)16-7-9-18(10-8-16)26(32,33)34-19-12-21(27)25(31)22(28)13-19/h2,11-13,15-18H,3-10H2,1H3. The Bertz CT molecular complexity index is 999. The zero-order valence-electron chi connectivity index (χ0n) is 18.8. The average Bonchev–Trinajstić information content (AvgIpc) is 2.81. The van der Waals surface area contributed by atoms with Gasteiger partial charge < -0.3 is 4.74 Å². The second-order valence-corrected chi connectivity index (χ2v) is 9.69. The number of rotatable bonds is 5. The third-order valence-electron chi connectivity index (χ3n) is 7.64. The summed E-state index contributed by atoms with van der Waals surface area (Å²) in [5.74, 6) is -7.78. The van der Waals surface area contributed by atoms with Crippen LogP contribution in [0.4, 0.5) is 30.7 Å². The van der Waals surface area contributed by atoms with Crippen LogP contribution in [0.5, 0.6) is 5.75 Å². The number of ether oxygens (including phenoxy) is 1. The van der Waals surface area contributed by atoms with Crippen LogP contribution in [0.3, 0.4) is 0 Å². The van der Waals surface area contributed by atoms with E-state index in [1.165, 1.54) is 6.92 Å². The number of aryl methyl sites for hydroxylation is 1. The molecule has 0 unspecified atom stereocenters. The average molecular weight is 488 g/mol. The minimum atomic E-state index is -3.63. The summed E-state index contributed by atoms with van der Waals surface area (Å²) in [4.78, 5) is 0. The number of hydrogen-bond acceptors (Lipinski definition) is 1. The van der Waals surface area contributed by atoms with Gasteiger partial charge in [0.15, 0.2) is 29.1 Å². The van der Waals surface area contributed by atoms with Crippen molar-refractivity contribution in [3.8, 4) is 5.75 Å². The molecular formula is C26H27F7O. The molecule has 0 spiro atoms. The predicted octanol–water partition coefficient (Wildman–Crippen LogP) is 8.44. The van der Waals surface area contributed by atoms with Crippen LogP contribution in [0.2, 0.25) is 0 Å². The molecule has 0 amide bonds. The van der Waals surface area contributed by atoms with Gasteiger partial charge in [0.1, 0.15) is 5.75 Å². The Kier molecular flexibility index (Phi) is 7.15. The second-order valence-electron chi connectivity index (χ2n) is 9.69. The monoisotopic (exact) mass is 488 g/mol. The SMILES string of the molecule is Cc1ccc(C2CCC(C3CCC(C(F)(F)Oc4cc(F)c(F)c(F)c4)CC3)CC2)c(F)c1F. The molecule has 2 aliphatic carbocycles. The molecule has 8 heteroatoms. The lowest BCUT2D eigenvalue weighted by Gasteiger charge is -2.39. The topological polar surface area (TPSA) is 9.23 Å². The van der Waals surface area contributed by atoms with Crippen molar-refractivity contribution in [3.63, 3.8) is 0 Å². The lowest BCUT2D eigenvalue weighted by Crippen LogP contribution is -2.38. The highest BCUT2D eigenvalue weighted by molar-refractivity contribution is 5.28. The van der Waals surface area contributed by atoms with Gasteiger partial charge in [-0.15, -0.1) is 0 Å². The maximum absolute atomic E-state index is 14.6. The molecule has 0 heterocycles. The summed E-state index contributed by atoms with van der Waals surface area (Å²) >= 11 is 0. The first-order valence-corrected chi connectivity index (χ1v) is 11.7. The van der Waals surface area contributed by atoms with Crippen molar-refractivity contribution < 1.29 is 35.5 Å². The van der Waals surface area contributed by atoms with Crippen molar-refractivity contribution in [1.82, 2.24) is 0 Å². The summed E-state index contributed by atoms with van der Waals surface area (Å²) in [5.41, 5.74) is 0.692. The summed E-state index contributed by atoms with van der Waals surface area (Å²) in [7, 11) is 0. The molecule has 2 aromatic carbocycles.